The van der Waals surface area contributed by atoms with E-state index in [1.54, 1.807) is 18.7 Å². The molecule has 0 saturated heterocycles. The van der Waals surface area contributed by atoms with Crippen LogP contribution < -0.4 is 10.3 Å². The maximum Gasteiger partial charge on any atom is 0.306 e. The molecule has 0 N–H and O–H groups in total. The smallest absolute Gasteiger partial charge is 0.306 e. The number of pyridine rings is 1. The summed E-state index contributed by atoms with van der Waals surface area (Å²) in [5, 5.41) is 0.739. The second-order valence-corrected chi connectivity index (χ2v) is 9.12. The van der Waals surface area contributed by atoms with Gasteiger partial charge in [-0.25, -0.2) is 9.97 Å². The summed E-state index contributed by atoms with van der Waals surface area (Å²) in [4.78, 5) is 33.5. The Morgan fingerprint density at radius 3 is 2.52 bits per heavy atom. The number of carbonyl (C=O) groups is 1. The second kappa shape index (κ2) is 5.53. The highest BCUT2D eigenvalue weighted by atomic mass is 16.6. The molecule has 144 valence electrons. The van der Waals surface area contributed by atoms with Crippen molar-refractivity contribution in [3.8, 4) is 5.88 Å². The Morgan fingerprint density at radius 1 is 1.26 bits per heavy atom. The fourth-order valence-electron chi connectivity index (χ4n) is 4.94. The van der Waals surface area contributed by atoms with Crippen LogP contribution in [0.15, 0.2) is 17.2 Å². The normalized spacial score (nSPS) is 26.3. The lowest BCUT2D eigenvalue weighted by Crippen LogP contribution is -2.66. The van der Waals surface area contributed by atoms with Crippen LogP contribution in [0.5, 0.6) is 5.88 Å². The van der Waals surface area contributed by atoms with Gasteiger partial charge >= 0.3 is 5.97 Å². The number of nitrogens with zero attached hydrogens (tertiary/aromatic N) is 3. The first-order valence-corrected chi connectivity index (χ1v) is 9.19. The van der Waals surface area contributed by atoms with Crippen LogP contribution in [0.2, 0.25) is 0 Å². The summed E-state index contributed by atoms with van der Waals surface area (Å²) < 4.78 is 12.4. The first-order valence-electron chi connectivity index (χ1n) is 9.19. The molecule has 3 saturated carbocycles. The summed E-state index contributed by atoms with van der Waals surface area (Å²) in [6.07, 6.45) is 4.35. The van der Waals surface area contributed by atoms with E-state index in [-0.39, 0.29) is 22.4 Å². The average molecular weight is 371 g/mol. The average Bonchev–Trinajstić information content (AvgIpc) is 2.51. The van der Waals surface area contributed by atoms with Crippen molar-refractivity contribution in [3.63, 3.8) is 0 Å². The van der Waals surface area contributed by atoms with Crippen LogP contribution in [0.4, 0.5) is 0 Å². The zero-order chi connectivity index (χ0) is 19.6. The quantitative estimate of drug-likeness (QED) is 0.768. The van der Waals surface area contributed by atoms with Crippen molar-refractivity contribution >= 4 is 17.0 Å². The van der Waals surface area contributed by atoms with E-state index in [0.29, 0.717) is 17.9 Å². The number of carbonyl (C=O) groups excluding carboxylic acids is 1. The van der Waals surface area contributed by atoms with Crippen molar-refractivity contribution in [2.24, 2.45) is 12.5 Å². The molecular weight excluding hydrogens is 346 g/mol. The number of ether oxygens (including phenoxy) is 2. The molecule has 0 aromatic carbocycles. The molecule has 0 unspecified atom stereocenters. The lowest BCUT2D eigenvalue weighted by Gasteiger charge is -2.70. The molecule has 0 aliphatic heterocycles. The molecule has 3 fully saturated rings. The fraction of sp³-hybridized carbons (Fsp3) is 0.600. The molecule has 27 heavy (non-hydrogen) atoms. The van der Waals surface area contributed by atoms with Crippen LogP contribution in [0, 0.1) is 5.41 Å². The van der Waals surface area contributed by atoms with Crippen molar-refractivity contribution in [1.82, 2.24) is 14.5 Å². The predicted octanol–water partition coefficient (Wildman–Crippen LogP) is 2.49. The predicted molar refractivity (Wildman–Crippen MR) is 99.8 cm³/mol. The van der Waals surface area contributed by atoms with E-state index in [9.17, 15) is 9.59 Å². The van der Waals surface area contributed by atoms with Crippen LogP contribution in [0.1, 0.15) is 52.0 Å². The summed E-state index contributed by atoms with van der Waals surface area (Å²) in [6, 6.07) is 1.88. The van der Waals surface area contributed by atoms with E-state index in [4.69, 9.17) is 9.47 Å². The SMILES string of the molecule is COc1ncnc2c1cc(C13CC(CC(=O)OC(C)(C)C)(C1)C3)c(=O)n2C. The van der Waals surface area contributed by atoms with Crippen LogP contribution in [0.25, 0.3) is 11.0 Å². The third-order valence-corrected chi connectivity index (χ3v) is 5.81. The van der Waals surface area contributed by atoms with Gasteiger partial charge < -0.3 is 9.47 Å². The molecule has 0 amide bonds. The van der Waals surface area contributed by atoms with Crippen molar-refractivity contribution in [2.45, 2.75) is 57.5 Å². The van der Waals surface area contributed by atoms with E-state index in [1.165, 1.54) is 6.33 Å². The first kappa shape index (κ1) is 17.9. The maximum atomic E-state index is 12.9. The number of aryl methyl sites for hydroxylation is 1. The monoisotopic (exact) mass is 371 g/mol. The molecule has 0 radical (unpaired) electrons. The van der Waals surface area contributed by atoms with Gasteiger partial charge in [0.05, 0.1) is 18.9 Å². The van der Waals surface area contributed by atoms with Gasteiger partial charge in [-0.3, -0.25) is 14.2 Å². The zero-order valence-corrected chi connectivity index (χ0v) is 16.5. The molecule has 0 spiro atoms. The standard InChI is InChI=1S/C20H25N3O4/c1-18(2,3)27-14(24)7-19-8-20(9-19,10-19)13-6-12-15(23(4)17(13)25)21-11-22-16(12)26-5/h6,11H,7-10H2,1-5H3. The van der Waals surface area contributed by atoms with E-state index in [0.717, 1.165) is 30.2 Å². The van der Waals surface area contributed by atoms with E-state index in [2.05, 4.69) is 9.97 Å². The van der Waals surface area contributed by atoms with Gasteiger partial charge in [0.25, 0.3) is 5.56 Å². The van der Waals surface area contributed by atoms with E-state index < -0.39 is 5.60 Å². The number of rotatable bonds is 4. The zero-order valence-electron chi connectivity index (χ0n) is 16.5. The Morgan fingerprint density at radius 2 is 1.93 bits per heavy atom. The van der Waals surface area contributed by atoms with Gasteiger partial charge in [-0.15, -0.1) is 0 Å². The largest absolute Gasteiger partial charge is 0.480 e. The van der Waals surface area contributed by atoms with Gasteiger partial charge in [-0.05, 0) is 51.5 Å². The van der Waals surface area contributed by atoms with Crippen molar-refractivity contribution in [1.29, 1.82) is 0 Å². The Hall–Kier alpha value is -2.44. The number of methoxy groups -OCH3 is 1. The second-order valence-electron chi connectivity index (χ2n) is 9.12. The van der Waals surface area contributed by atoms with Gasteiger partial charge in [0.2, 0.25) is 5.88 Å². The molecule has 3 aliphatic carbocycles. The van der Waals surface area contributed by atoms with Crippen molar-refractivity contribution < 1.29 is 14.3 Å². The molecule has 2 heterocycles. The minimum Gasteiger partial charge on any atom is -0.480 e. The topological polar surface area (TPSA) is 83.3 Å². The first-order chi connectivity index (χ1) is 12.6. The summed E-state index contributed by atoms with van der Waals surface area (Å²) in [6.45, 7) is 5.63. The lowest BCUT2D eigenvalue weighted by molar-refractivity contribution is -0.183. The van der Waals surface area contributed by atoms with Gasteiger partial charge in [0.15, 0.2) is 0 Å². The highest BCUT2D eigenvalue weighted by Gasteiger charge is 2.69. The maximum absolute atomic E-state index is 12.9. The molecule has 7 nitrogen and oxygen atoms in total. The van der Waals surface area contributed by atoms with Crippen molar-refractivity contribution in [3.05, 3.63) is 28.3 Å². The number of hydrogen-bond donors (Lipinski definition) is 0. The summed E-state index contributed by atoms with van der Waals surface area (Å²) in [5.74, 6) is 0.309. The molecule has 5 rings (SSSR count). The number of esters is 1. The molecule has 0 atom stereocenters. The highest BCUT2D eigenvalue weighted by Crippen LogP contribution is 2.74. The molecule has 2 aromatic heterocycles. The van der Waals surface area contributed by atoms with Gasteiger partial charge in [-0.1, -0.05) is 0 Å². The minimum absolute atomic E-state index is 0.0143. The third-order valence-electron chi connectivity index (χ3n) is 5.81. The van der Waals surface area contributed by atoms with Crippen LogP contribution >= 0.6 is 0 Å². The van der Waals surface area contributed by atoms with E-state index >= 15 is 0 Å². The van der Waals surface area contributed by atoms with E-state index in [1.807, 2.05) is 26.8 Å². The Kier molecular flexibility index (Phi) is 3.68. The van der Waals surface area contributed by atoms with Crippen LogP contribution in [0.3, 0.4) is 0 Å². The molecule has 3 aliphatic rings. The molecular formula is C20H25N3O4. The molecule has 7 heteroatoms. The highest BCUT2D eigenvalue weighted by molar-refractivity contribution is 5.81. The Balaban J connectivity index is 1.60. The number of aromatic nitrogens is 3. The van der Waals surface area contributed by atoms with Gasteiger partial charge in [0.1, 0.15) is 17.6 Å². The molecule has 2 aromatic rings. The summed E-state index contributed by atoms with van der Waals surface area (Å²) in [5.41, 5.74) is 0.672. The van der Waals surface area contributed by atoms with Crippen molar-refractivity contribution in [2.75, 3.05) is 7.11 Å². The van der Waals surface area contributed by atoms with Crippen LogP contribution in [-0.2, 0) is 22.0 Å². The van der Waals surface area contributed by atoms with Gasteiger partial charge in [0, 0.05) is 18.0 Å². The number of fused-ring (bicyclic) bond motifs is 1. The summed E-state index contributed by atoms with van der Waals surface area (Å²) >= 11 is 0. The Labute approximate surface area is 157 Å². The Bertz CT molecular complexity index is 983. The molecule has 2 bridgehead atoms. The third kappa shape index (κ3) is 2.71. The number of hydrogen-bond acceptors (Lipinski definition) is 6. The lowest BCUT2D eigenvalue weighted by atomic mass is 9.33. The minimum atomic E-state index is -0.469. The van der Waals surface area contributed by atoms with Crippen LogP contribution in [-0.4, -0.2) is 33.2 Å². The van der Waals surface area contributed by atoms with Gasteiger partial charge in [-0.2, -0.15) is 0 Å². The summed E-state index contributed by atoms with van der Waals surface area (Å²) in [7, 11) is 3.28. The fourth-order valence-corrected chi connectivity index (χ4v) is 4.94.